The van der Waals surface area contributed by atoms with Crippen molar-refractivity contribution in [3.8, 4) is 0 Å². The van der Waals surface area contributed by atoms with Crippen molar-refractivity contribution in [2.75, 3.05) is 19.8 Å². The molecule has 0 aliphatic heterocycles. The van der Waals surface area contributed by atoms with Crippen LogP contribution >= 0.6 is 0 Å². The summed E-state index contributed by atoms with van der Waals surface area (Å²) in [4.78, 5) is 11.7. The lowest BCUT2D eigenvalue weighted by Gasteiger charge is -2.21. The van der Waals surface area contributed by atoms with E-state index < -0.39 is 6.09 Å². The molecule has 0 fully saturated rings. The second-order valence-electron chi connectivity index (χ2n) is 5.12. The minimum Gasteiger partial charge on any atom is -0.445 e. The van der Waals surface area contributed by atoms with Crippen molar-refractivity contribution in [1.29, 1.82) is 0 Å². The summed E-state index contributed by atoms with van der Waals surface area (Å²) >= 11 is 0. The largest absolute Gasteiger partial charge is 0.445 e. The van der Waals surface area contributed by atoms with Crippen molar-refractivity contribution >= 4 is 6.09 Å². The molecular formula is C16H26N2O3. The van der Waals surface area contributed by atoms with E-state index in [2.05, 4.69) is 24.5 Å². The number of ether oxygens (including phenoxy) is 2. The van der Waals surface area contributed by atoms with Crippen LogP contribution in [-0.2, 0) is 16.1 Å². The van der Waals surface area contributed by atoms with E-state index >= 15 is 0 Å². The summed E-state index contributed by atoms with van der Waals surface area (Å²) < 4.78 is 10.6. The van der Waals surface area contributed by atoms with Gasteiger partial charge in [-0.15, -0.1) is 0 Å². The van der Waals surface area contributed by atoms with Gasteiger partial charge >= 0.3 is 6.09 Å². The maximum atomic E-state index is 11.7. The highest BCUT2D eigenvalue weighted by Gasteiger charge is 2.12. The molecule has 0 saturated heterocycles. The third-order valence-corrected chi connectivity index (χ3v) is 2.80. The highest BCUT2D eigenvalue weighted by atomic mass is 16.5. The number of alkyl carbamates (subject to hydrolysis) is 1. The molecule has 0 aliphatic carbocycles. The molecule has 118 valence electrons. The maximum Gasteiger partial charge on any atom is 0.407 e. The normalized spacial score (nSPS) is 12.2. The number of carbonyl (C=O) groups excluding carboxylic acids is 1. The summed E-state index contributed by atoms with van der Waals surface area (Å²) in [5.41, 5.74) is 0.971. The first kappa shape index (κ1) is 17.5. The molecule has 1 atom stereocenters. The summed E-state index contributed by atoms with van der Waals surface area (Å²) in [7, 11) is 0. The fourth-order valence-corrected chi connectivity index (χ4v) is 1.88. The van der Waals surface area contributed by atoms with Crippen LogP contribution in [0.2, 0.25) is 0 Å². The third-order valence-electron chi connectivity index (χ3n) is 2.80. The highest BCUT2D eigenvalue weighted by Crippen LogP contribution is 2.00. The van der Waals surface area contributed by atoms with Gasteiger partial charge in [0.25, 0.3) is 0 Å². The first-order chi connectivity index (χ1) is 10.1. The zero-order chi connectivity index (χ0) is 15.5. The topological polar surface area (TPSA) is 59.6 Å². The lowest BCUT2D eigenvalue weighted by Crippen LogP contribution is -2.46. The molecule has 1 unspecified atom stereocenters. The Morgan fingerprint density at radius 2 is 1.95 bits per heavy atom. The SMILES string of the molecule is CCOCC(CNC(=O)OCc1ccccc1)NC(C)C. The average molecular weight is 294 g/mol. The molecule has 0 saturated carbocycles. The molecule has 5 nitrogen and oxygen atoms in total. The Morgan fingerprint density at radius 1 is 1.24 bits per heavy atom. The summed E-state index contributed by atoms with van der Waals surface area (Å²) in [6, 6.07) is 10.0. The van der Waals surface area contributed by atoms with Gasteiger partial charge in [-0.3, -0.25) is 0 Å². The molecule has 0 radical (unpaired) electrons. The summed E-state index contributed by atoms with van der Waals surface area (Å²) in [5.74, 6) is 0. The number of amides is 1. The second-order valence-corrected chi connectivity index (χ2v) is 5.12. The van der Waals surface area contributed by atoms with Crippen LogP contribution in [0.25, 0.3) is 0 Å². The van der Waals surface area contributed by atoms with Crippen molar-refractivity contribution < 1.29 is 14.3 Å². The molecule has 1 aromatic rings. The highest BCUT2D eigenvalue weighted by molar-refractivity contribution is 5.67. The smallest absolute Gasteiger partial charge is 0.407 e. The van der Waals surface area contributed by atoms with Gasteiger partial charge in [-0.25, -0.2) is 4.79 Å². The Morgan fingerprint density at radius 3 is 2.57 bits per heavy atom. The molecule has 0 heterocycles. The van der Waals surface area contributed by atoms with Crippen molar-refractivity contribution in [3.05, 3.63) is 35.9 Å². The van der Waals surface area contributed by atoms with Crippen LogP contribution in [0, 0.1) is 0 Å². The van der Waals surface area contributed by atoms with E-state index in [1.807, 2.05) is 37.3 Å². The number of benzene rings is 1. The van der Waals surface area contributed by atoms with Gasteiger partial charge in [0.15, 0.2) is 0 Å². The molecule has 1 rings (SSSR count). The van der Waals surface area contributed by atoms with Crippen LogP contribution in [0.3, 0.4) is 0 Å². The number of nitrogens with one attached hydrogen (secondary N) is 2. The van der Waals surface area contributed by atoms with Crippen LogP contribution < -0.4 is 10.6 Å². The predicted octanol–water partition coefficient (Wildman–Crippen LogP) is 2.32. The molecule has 2 N–H and O–H groups in total. The molecule has 0 bridgehead atoms. The van der Waals surface area contributed by atoms with Crippen LogP contribution in [0.4, 0.5) is 4.79 Å². The van der Waals surface area contributed by atoms with Gasteiger partial charge in [0.05, 0.1) is 6.61 Å². The van der Waals surface area contributed by atoms with Gasteiger partial charge < -0.3 is 20.1 Å². The number of carbonyl (C=O) groups is 1. The van der Waals surface area contributed by atoms with E-state index in [1.54, 1.807) is 0 Å². The third kappa shape index (κ3) is 8.32. The van der Waals surface area contributed by atoms with Gasteiger partial charge in [-0.2, -0.15) is 0 Å². The molecule has 0 aliphatic rings. The lowest BCUT2D eigenvalue weighted by molar-refractivity contribution is 0.113. The van der Waals surface area contributed by atoms with E-state index in [0.717, 1.165) is 5.56 Å². The zero-order valence-corrected chi connectivity index (χ0v) is 13.1. The Kier molecular flexibility index (Phi) is 8.47. The average Bonchev–Trinajstić information content (AvgIpc) is 2.48. The van der Waals surface area contributed by atoms with Crippen LogP contribution in [0.15, 0.2) is 30.3 Å². The van der Waals surface area contributed by atoms with Crippen LogP contribution in [0.5, 0.6) is 0 Å². The fourth-order valence-electron chi connectivity index (χ4n) is 1.88. The standard InChI is InChI=1S/C16H26N2O3/c1-4-20-12-15(18-13(2)3)10-17-16(19)21-11-14-8-6-5-7-9-14/h5-9,13,15,18H,4,10-12H2,1-3H3,(H,17,19). The second kappa shape index (κ2) is 10.2. The Bertz CT molecular complexity index is 396. The summed E-state index contributed by atoms with van der Waals surface area (Å²) in [5, 5.41) is 6.11. The van der Waals surface area contributed by atoms with E-state index in [1.165, 1.54) is 0 Å². The van der Waals surface area contributed by atoms with E-state index in [9.17, 15) is 4.79 Å². The lowest BCUT2D eigenvalue weighted by atomic mass is 10.2. The molecular weight excluding hydrogens is 268 g/mol. The molecule has 21 heavy (non-hydrogen) atoms. The predicted molar refractivity (Wildman–Crippen MR) is 83.2 cm³/mol. The first-order valence-electron chi connectivity index (χ1n) is 7.40. The number of rotatable bonds is 9. The Hall–Kier alpha value is -1.59. The quantitative estimate of drug-likeness (QED) is 0.734. The van der Waals surface area contributed by atoms with Gasteiger partial charge in [0.1, 0.15) is 6.61 Å². The van der Waals surface area contributed by atoms with Gasteiger partial charge in [0.2, 0.25) is 0 Å². The Balaban J connectivity index is 2.28. The first-order valence-corrected chi connectivity index (χ1v) is 7.40. The van der Waals surface area contributed by atoms with Gasteiger partial charge in [-0.1, -0.05) is 44.2 Å². The molecule has 5 heteroatoms. The summed E-state index contributed by atoms with van der Waals surface area (Å²) in [6.45, 7) is 8.06. The number of hydrogen-bond donors (Lipinski definition) is 2. The summed E-state index contributed by atoms with van der Waals surface area (Å²) in [6.07, 6.45) is -0.411. The zero-order valence-electron chi connectivity index (χ0n) is 13.1. The van der Waals surface area contributed by atoms with Crippen molar-refractivity contribution in [1.82, 2.24) is 10.6 Å². The minimum absolute atomic E-state index is 0.0780. The number of hydrogen-bond acceptors (Lipinski definition) is 4. The van der Waals surface area contributed by atoms with Crippen LogP contribution in [0.1, 0.15) is 26.3 Å². The van der Waals surface area contributed by atoms with Crippen molar-refractivity contribution in [2.45, 2.75) is 39.5 Å². The van der Waals surface area contributed by atoms with E-state index in [0.29, 0.717) is 25.8 Å². The molecule has 0 spiro atoms. The van der Waals surface area contributed by atoms with Gasteiger partial charge in [-0.05, 0) is 12.5 Å². The maximum absolute atomic E-state index is 11.7. The minimum atomic E-state index is -0.411. The van der Waals surface area contributed by atoms with Crippen LogP contribution in [-0.4, -0.2) is 37.9 Å². The van der Waals surface area contributed by atoms with E-state index in [4.69, 9.17) is 9.47 Å². The molecule has 1 aromatic carbocycles. The fraction of sp³-hybridized carbons (Fsp3) is 0.562. The van der Waals surface area contributed by atoms with Gasteiger partial charge in [0, 0.05) is 25.2 Å². The molecule has 0 aromatic heterocycles. The Labute approximate surface area is 127 Å². The monoisotopic (exact) mass is 294 g/mol. The van der Waals surface area contributed by atoms with Crippen molar-refractivity contribution in [2.24, 2.45) is 0 Å². The van der Waals surface area contributed by atoms with E-state index in [-0.39, 0.29) is 12.6 Å². The van der Waals surface area contributed by atoms with Crippen molar-refractivity contribution in [3.63, 3.8) is 0 Å². The molecule has 1 amide bonds.